The molecule has 19 heavy (non-hydrogen) atoms. The largest absolute Gasteiger partial charge is 0.462 e. The van der Waals surface area contributed by atoms with E-state index in [9.17, 15) is 9.59 Å². The Bertz CT molecular complexity index is 342. The highest BCUT2D eigenvalue weighted by Crippen LogP contribution is 1.94. The summed E-state index contributed by atoms with van der Waals surface area (Å²) >= 11 is 0. The average Bonchev–Trinajstić information content (AvgIpc) is 2.39. The van der Waals surface area contributed by atoms with Crippen molar-refractivity contribution in [3.63, 3.8) is 0 Å². The molecule has 0 amide bonds. The molecular formula is C14H21NO4. The van der Waals surface area contributed by atoms with Crippen molar-refractivity contribution < 1.29 is 19.1 Å². The minimum Gasteiger partial charge on any atom is -0.462 e. The third-order valence-electron chi connectivity index (χ3n) is 1.70. The summed E-state index contributed by atoms with van der Waals surface area (Å²) in [4.78, 5) is 20.9. The standard InChI is InChI=1S/C8H14O2.C6H7NO2/c1-4-5-6-10-8(9)7(2)3;1-2-6(8)9-5-3-4-7/h2,4-6H2,1,3H3;2H,1,3,5H2. The Hall–Kier alpha value is -2.09. The molecule has 0 aliphatic carbocycles. The van der Waals surface area contributed by atoms with Gasteiger partial charge >= 0.3 is 11.9 Å². The van der Waals surface area contributed by atoms with Crippen molar-refractivity contribution in [2.75, 3.05) is 13.2 Å². The van der Waals surface area contributed by atoms with E-state index in [1.807, 2.05) is 6.07 Å². The average molecular weight is 267 g/mol. The van der Waals surface area contributed by atoms with Crippen LogP contribution in [0, 0.1) is 11.3 Å². The smallest absolute Gasteiger partial charge is 0.333 e. The maximum Gasteiger partial charge on any atom is 0.333 e. The van der Waals surface area contributed by atoms with Crippen LogP contribution in [0.15, 0.2) is 24.8 Å². The molecule has 0 aromatic heterocycles. The van der Waals surface area contributed by atoms with Crippen LogP contribution in [0.1, 0.15) is 33.1 Å². The van der Waals surface area contributed by atoms with Crippen LogP contribution >= 0.6 is 0 Å². The molecule has 0 heterocycles. The molecule has 0 saturated carbocycles. The normalized spacial score (nSPS) is 8.26. The van der Waals surface area contributed by atoms with Gasteiger partial charge in [-0.2, -0.15) is 5.26 Å². The summed E-state index contributed by atoms with van der Waals surface area (Å²) < 4.78 is 9.26. The highest BCUT2D eigenvalue weighted by Gasteiger charge is 2.00. The Morgan fingerprint density at radius 2 is 1.95 bits per heavy atom. The van der Waals surface area contributed by atoms with Gasteiger partial charge in [0.05, 0.1) is 19.1 Å². The Balaban J connectivity index is 0. The van der Waals surface area contributed by atoms with Crippen molar-refractivity contribution in [3.05, 3.63) is 24.8 Å². The maximum absolute atomic E-state index is 10.7. The lowest BCUT2D eigenvalue weighted by atomic mass is 10.3. The second kappa shape index (κ2) is 14.0. The van der Waals surface area contributed by atoms with E-state index in [1.165, 1.54) is 0 Å². The summed E-state index contributed by atoms with van der Waals surface area (Å²) in [5.41, 5.74) is 0.469. The first kappa shape index (κ1) is 19.3. The van der Waals surface area contributed by atoms with Gasteiger partial charge in [0.1, 0.15) is 6.61 Å². The molecule has 0 unspecified atom stereocenters. The molecule has 0 aromatic rings. The van der Waals surface area contributed by atoms with Crippen LogP contribution in [-0.2, 0) is 19.1 Å². The van der Waals surface area contributed by atoms with Gasteiger partial charge in [-0.05, 0) is 13.3 Å². The zero-order chi connectivity index (χ0) is 15.1. The Labute approximate surface area is 114 Å². The number of rotatable bonds is 7. The molecule has 0 rings (SSSR count). The quantitative estimate of drug-likeness (QED) is 0.402. The number of hydrogen-bond donors (Lipinski definition) is 0. The highest BCUT2D eigenvalue weighted by atomic mass is 16.5. The highest BCUT2D eigenvalue weighted by molar-refractivity contribution is 5.86. The Kier molecular flexibility index (Phi) is 14.2. The predicted molar refractivity (Wildman–Crippen MR) is 72.1 cm³/mol. The van der Waals surface area contributed by atoms with Gasteiger partial charge in [0.25, 0.3) is 0 Å². The summed E-state index contributed by atoms with van der Waals surface area (Å²) in [6, 6.07) is 1.84. The molecule has 0 aliphatic rings. The molecule has 5 heteroatoms. The molecule has 0 spiro atoms. The third-order valence-corrected chi connectivity index (χ3v) is 1.70. The topological polar surface area (TPSA) is 76.4 Å². The lowest BCUT2D eigenvalue weighted by molar-refractivity contribution is -0.139. The fourth-order valence-electron chi connectivity index (χ4n) is 0.689. The first-order valence-electron chi connectivity index (χ1n) is 5.98. The number of carbonyl (C=O) groups is 2. The first-order chi connectivity index (χ1) is 8.99. The second-order valence-corrected chi connectivity index (χ2v) is 3.55. The number of ether oxygens (including phenoxy) is 2. The van der Waals surface area contributed by atoms with Crippen molar-refractivity contribution in [2.24, 2.45) is 0 Å². The van der Waals surface area contributed by atoms with E-state index in [0.29, 0.717) is 12.2 Å². The fourth-order valence-corrected chi connectivity index (χ4v) is 0.689. The summed E-state index contributed by atoms with van der Waals surface area (Å²) in [6.07, 6.45) is 3.28. The lowest BCUT2D eigenvalue weighted by Crippen LogP contribution is -2.05. The van der Waals surface area contributed by atoms with E-state index in [1.54, 1.807) is 6.92 Å². The number of nitriles is 1. The lowest BCUT2D eigenvalue weighted by Gasteiger charge is -2.01. The molecule has 0 aliphatic heterocycles. The minimum absolute atomic E-state index is 0.154. The van der Waals surface area contributed by atoms with E-state index >= 15 is 0 Å². The summed E-state index contributed by atoms with van der Waals surface area (Å²) in [6.45, 7) is 11.0. The molecule has 0 fully saturated rings. The van der Waals surface area contributed by atoms with Crippen molar-refractivity contribution in [3.8, 4) is 6.07 Å². The maximum atomic E-state index is 10.7. The van der Waals surface area contributed by atoms with E-state index < -0.39 is 5.97 Å². The van der Waals surface area contributed by atoms with Gasteiger partial charge in [0.15, 0.2) is 0 Å². The number of carbonyl (C=O) groups excluding carboxylic acids is 2. The van der Waals surface area contributed by atoms with Crippen molar-refractivity contribution >= 4 is 11.9 Å². The number of unbranched alkanes of at least 4 members (excludes halogenated alkanes) is 1. The van der Waals surface area contributed by atoms with Crippen molar-refractivity contribution in [1.82, 2.24) is 0 Å². The fraction of sp³-hybridized carbons (Fsp3) is 0.500. The molecule has 0 bridgehead atoms. The van der Waals surface area contributed by atoms with Gasteiger partial charge in [-0.25, -0.2) is 9.59 Å². The first-order valence-corrected chi connectivity index (χ1v) is 5.98. The van der Waals surface area contributed by atoms with Crippen molar-refractivity contribution in [1.29, 1.82) is 5.26 Å². The van der Waals surface area contributed by atoms with Gasteiger partial charge in [0.2, 0.25) is 0 Å². The molecule has 0 atom stereocenters. The molecule has 0 radical (unpaired) electrons. The third kappa shape index (κ3) is 15.9. The van der Waals surface area contributed by atoms with Crippen LogP contribution in [0.25, 0.3) is 0 Å². The molecule has 5 nitrogen and oxygen atoms in total. The minimum atomic E-state index is -0.481. The van der Waals surface area contributed by atoms with Gasteiger partial charge in [-0.3, -0.25) is 0 Å². The molecule has 0 N–H and O–H groups in total. The van der Waals surface area contributed by atoms with E-state index in [0.717, 1.165) is 18.9 Å². The van der Waals surface area contributed by atoms with E-state index in [2.05, 4.69) is 24.8 Å². The number of hydrogen-bond acceptors (Lipinski definition) is 5. The summed E-state index contributed by atoms with van der Waals surface area (Å²) in [7, 11) is 0. The van der Waals surface area contributed by atoms with Crippen molar-refractivity contribution in [2.45, 2.75) is 33.1 Å². The Morgan fingerprint density at radius 1 is 1.32 bits per heavy atom. The SMILES string of the molecule is C=C(C)C(=O)OCCCC.C=CC(=O)OCCC#N. The van der Waals surface area contributed by atoms with Crippen LogP contribution in [0.4, 0.5) is 0 Å². The van der Waals surface area contributed by atoms with Gasteiger partial charge in [-0.1, -0.05) is 26.5 Å². The number of esters is 2. The van der Waals surface area contributed by atoms with Crippen LogP contribution < -0.4 is 0 Å². The zero-order valence-electron chi connectivity index (χ0n) is 11.6. The van der Waals surface area contributed by atoms with Crippen LogP contribution in [-0.4, -0.2) is 25.2 Å². The van der Waals surface area contributed by atoms with Crippen LogP contribution in [0.3, 0.4) is 0 Å². The molecule has 106 valence electrons. The van der Waals surface area contributed by atoms with E-state index in [4.69, 9.17) is 10.00 Å². The second-order valence-electron chi connectivity index (χ2n) is 3.55. The van der Waals surface area contributed by atoms with Crippen LogP contribution in [0.5, 0.6) is 0 Å². The van der Waals surface area contributed by atoms with E-state index in [-0.39, 0.29) is 19.0 Å². The predicted octanol–water partition coefficient (Wildman–Crippen LogP) is 2.54. The monoisotopic (exact) mass is 267 g/mol. The van der Waals surface area contributed by atoms with Gasteiger partial charge < -0.3 is 9.47 Å². The Morgan fingerprint density at radius 3 is 2.37 bits per heavy atom. The van der Waals surface area contributed by atoms with Crippen LogP contribution in [0.2, 0.25) is 0 Å². The molecule has 0 saturated heterocycles. The van der Waals surface area contributed by atoms with Gasteiger partial charge in [0, 0.05) is 11.6 Å². The summed E-state index contributed by atoms with van der Waals surface area (Å²) in [5.74, 6) is -0.765. The van der Waals surface area contributed by atoms with Gasteiger partial charge in [-0.15, -0.1) is 0 Å². The summed E-state index contributed by atoms with van der Waals surface area (Å²) in [5, 5.41) is 7.98. The zero-order valence-corrected chi connectivity index (χ0v) is 11.6. The number of nitrogens with zero attached hydrogens (tertiary/aromatic N) is 1. The molecule has 0 aromatic carbocycles. The molecular weight excluding hydrogens is 246 g/mol.